The number of nitrogens with two attached hydrogens (primary N) is 1. The van der Waals surface area contributed by atoms with Crippen molar-refractivity contribution in [3.63, 3.8) is 0 Å². The first-order valence-corrected chi connectivity index (χ1v) is 8.91. The van der Waals surface area contributed by atoms with Gasteiger partial charge in [-0.05, 0) is 49.1 Å². The summed E-state index contributed by atoms with van der Waals surface area (Å²) in [7, 11) is 1.72. The second-order valence-corrected chi connectivity index (χ2v) is 7.18. The summed E-state index contributed by atoms with van der Waals surface area (Å²) < 4.78 is 5.49. The molecule has 0 spiro atoms. The van der Waals surface area contributed by atoms with Crippen LogP contribution in [0, 0.1) is 5.92 Å². The molecule has 3 rings (SSSR count). The van der Waals surface area contributed by atoms with Crippen LogP contribution in [-0.4, -0.2) is 20.2 Å². The predicted octanol–water partition coefficient (Wildman–Crippen LogP) is 4.56. The molecule has 0 amide bonds. The summed E-state index contributed by atoms with van der Waals surface area (Å²) in [5.41, 5.74) is 9.85. The fraction of sp³-hybridized carbons (Fsp3) is 0.684. The van der Waals surface area contributed by atoms with Crippen molar-refractivity contribution in [2.75, 3.05) is 30.8 Å². The number of ether oxygens (including phenoxy) is 1. The van der Waals surface area contributed by atoms with Crippen LogP contribution in [0.5, 0.6) is 5.75 Å². The Kier molecular flexibility index (Phi) is 4.80. The van der Waals surface area contributed by atoms with Crippen LogP contribution < -0.4 is 15.4 Å². The molecule has 1 atom stereocenters. The Balaban J connectivity index is 1.96. The third-order valence-electron chi connectivity index (χ3n) is 5.42. The number of piperidine rings is 1. The van der Waals surface area contributed by atoms with Gasteiger partial charge in [-0.15, -0.1) is 0 Å². The van der Waals surface area contributed by atoms with Gasteiger partial charge in [-0.1, -0.05) is 26.2 Å². The molecule has 3 nitrogen and oxygen atoms in total. The Morgan fingerprint density at radius 1 is 1.09 bits per heavy atom. The highest BCUT2D eigenvalue weighted by molar-refractivity contribution is 5.68. The van der Waals surface area contributed by atoms with Crippen LogP contribution in [0.15, 0.2) is 12.1 Å². The molecule has 1 saturated heterocycles. The molecule has 1 aliphatic carbocycles. The van der Waals surface area contributed by atoms with E-state index in [1.54, 1.807) is 7.11 Å². The van der Waals surface area contributed by atoms with E-state index in [4.69, 9.17) is 10.5 Å². The molecule has 122 valence electrons. The van der Waals surface area contributed by atoms with Gasteiger partial charge in [-0.2, -0.15) is 0 Å². The highest BCUT2D eigenvalue weighted by Crippen LogP contribution is 2.42. The third kappa shape index (κ3) is 3.18. The third-order valence-corrected chi connectivity index (χ3v) is 5.42. The number of benzene rings is 1. The van der Waals surface area contributed by atoms with Crippen LogP contribution >= 0.6 is 0 Å². The van der Waals surface area contributed by atoms with Gasteiger partial charge in [-0.25, -0.2) is 0 Å². The normalized spacial score (nSPS) is 23.5. The van der Waals surface area contributed by atoms with Gasteiger partial charge in [0.25, 0.3) is 0 Å². The van der Waals surface area contributed by atoms with Gasteiger partial charge in [0.2, 0.25) is 0 Å². The lowest BCUT2D eigenvalue weighted by Gasteiger charge is -2.36. The molecule has 1 heterocycles. The van der Waals surface area contributed by atoms with Gasteiger partial charge in [0.15, 0.2) is 0 Å². The van der Waals surface area contributed by atoms with Gasteiger partial charge in [0, 0.05) is 24.8 Å². The fourth-order valence-electron chi connectivity index (χ4n) is 4.20. The molecule has 3 heteroatoms. The number of hydrogen-bond donors (Lipinski definition) is 1. The molecular formula is C19H30N2O. The molecule has 2 N–H and O–H groups in total. The number of nitrogen functional groups attached to an aromatic ring is 1. The standard InChI is InChI=1S/C19H30N2O/c1-14-7-6-10-21(13-14)18-12-19(22-2)17(20)11-16(18)15-8-4-3-5-9-15/h11-12,14-15H,3-10,13,20H2,1-2H3. The number of anilines is 2. The second kappa shape index (κ2) is 6.80. The predicted molar refractivity (Wildman–Crippen MR) is 93.8 cm³/mol. The van der Waals surface area contributed by atoms with Crippen molar-refractivity contribution < 1.29 is 4.74 Å². The Bertz CT molecular complexity index is 508. The van der Waals surface area contributed by atoms with Crippen molar-refractivity contribution >= 4 is 11.4 Å². The molecule has 2 aliphatic rings. The monoisotopic (exact) mass is 302 g/mol. The Hall–Kier alpha value is -1.38. The minimum Gasteiger partial charge on any atom is -0.495 e. The lowest BCUT2D eigenvalue weighted by molar-refractivity contribution is 0.412. The van der Waals surface area contributed by atoms with Crippen molar-refractivity contribution in [1.29, 1.82) is 0 Å². The molecule has 1 aromatic rings. The molecule has 22 heavy (non-hydrogen) atoms. The molecule has 1 unspecified atom stereocenters. The average molecular weight is 302 g/mol. The van der Waals surface area contributed by atoms with Crippen molar-refractivity contribution in [2.45, 2.75) is 57.8 Å². The molecule has 1 aromatic carbocycles. The Labute approximate surface area is 134 Å². The summed E-state index contributed by atoms with van der Waals surface area (Å²) in [4.78, 5) is 2.57. The first-order chi connectivity index (χ1) is 10.7. The van der Waals surface area contributed by atoms with Gasteiger partial charge in [0.05, 0.1) is 12.8 Å². The maximum atomic E-state index is 6.22. The highest BCUT2D eigenvalue weighted by atomic mass is 16.5. The van der Waals surface area contributed by atoms with Crippen molar-refractivity contribution in [1.82, 2.24) is 0 Å². The molecule has 2 fully saturated rings. The van der Waals surface area contributed by atoms with Gasteiger partial charge < -0.3 is 15.4 Å². The van der Waals surface area contributed by atoms with E-state index in [9.17, 15) is 0 Å². The lowest BCUT2D eigenvalue weighted by atomic mass is 9.82. The fourth-order valence-corrected chi connectivity index (χ4v) is 4.20. The summed E-state index contributed by atoms with van der Waals surface area (Å²) in [5, 5.41) is 0. The van der Waals surface area contributed by atoms with Crippen molar-refractivity contribution in [2.24, 2.45) is 5.92 Å². The SMILES string of the molecule is COc1cc(N2CCCC(C)C2)c(C2CCCCC2)cc1N. The first kappa shape index (κ1) is 15.5. The van der Waals surface area contributed by atoms with Gasteiger partial charge in [-0.3, -0.25) is 0 Å². The maximum Gasteiger partial charge on any atom is 0.143 e. The van der Waals surface area contributed by atoms with E-state index in [0.29, 0.717) is 5.92 Å². The van der Waals surface area contributed by atoms with Crippen LogP contribution in [0.2, 0.25) is 0 Å². The summed E-state index contributed by atoms with van der Waals surface area (Å²) in [6.07, 6.45) is 9.35. The zero-order chi connectivity index (χ0) is 15.5. The minimum absolute atomic E-state index is 0.675. The van der Waals surface area contributed by atoms with E-state index in [1.807, 2.05) is 0 Å². The lowest BCUT2D eigenvalue weighted by Crippen LogP contribution is -2.35. The zero-order valence-corrected chi connectivity index (χ0v) is 14.1. The van der Waals surface area contributed by atoms with E-state index in [2.05, 4.69) is 24.0 Å². The van der Waals surface area contributed by atoms with Crippen LogP contribution in [-0.2, 0) is 0 Å². The largest absolute Gasteiger partial charge is 0.495 e. The number of rotatable bonds is 3. The van der Waals surface area contributed by atoms with Crippen LogP contribution in [0.4, 0.5) is 11.4 Å². The van der Waals surface area contributed by atoms with E-state index < -0.39 is 0 Å². The molecule has 0 bridgehead atoms. The van der Waals surface area contributed by atoms with Crippen LogP contribution in [0.25, 0.3) is 0 Å². The Morgan fingerprint density at radius 3 is 2.55 bits per heavy atom. The molecular weight excluding hydrogens is 272 g/mol. The van der Waals surface area contributed by atoms with E-state index in [-0.39, 0.29) is 0 Å². The minimum atomic E-state index is 0.675. The summed E-state index contributed by atoms with van der Waals surface area (Å²) in [6.45, 7) is 4.69. The van der Waals surface area contributed by atoms with E-state index >= 15 is 0 Å². The zero-order valence-electron chi connectivity index (χ0n) is 14.1. The topological polar surface area (TPSA) is 38.5 Å². The highest BCUT2D eigenvalue weighted by Gasteiger charge is 2.25. The van der Waals surface area contributed by atoms with Gasteiger partial charge >= 0.3 is 0 Å². The van der Waals surface area contributed by atoms with Crippen molar-refractivity contribution in [3.05, 3.63) is 17.7 Å². The van der Waals surface area contributed by atoms with Crippen LogP contribution in [0.1, 0.15) is 63.4 Å². The van der Waals surface area contributed by atoms with E-state index in [0.717, 1.165) is 30.4 Å². The summed E-state index contributed by atoms with van der Waals surface area (Å²) >= 11 is 0. The van der Waals surface area contributed by atoms with Gasteiger partial charge in [0.1, 0.15) is 5.75 Å². The first-order valence-electron chi connectivity index (χ1n) is 8.91. The Morgan fingerprint density at radius 2 is 1.86 bits per heavy atom. The smallest absolute Gasteiger partial charge is 0.143 e. The van der Waals surface area contributed by atoms with Crippen molar-refractivity contribution in [3.8, 4) is 5.75 Å². The van der Waals surface area contributed by atoms with Crippen LogP contribution in [0.3, 0.4) is 0 Å². The summed E-state index contributed by atoms with van der Waals surface area (Å²) in [6, 6.07) is 4.39. The number of methoxy groups -OCH3 is 1. The molecule has 1 aliphatic heterocycles. The average Bonchev–Trinajstić information content (AvgIpc) is 2.55. The summed E-state index contributed by atoms with van der Waals surface area (Å²) in [5.74, 6) is 2.28. The molecule has 0 aromatic heterocycles. The molecule has 1 saturated carbocycles. The molecule has 0 radical (unpaired) electrons. The quantitative estimate of drug-likeness (QED) is 0.832. The van der Waals surface area contributed by atoms with E-state index in [1.165, 1.54) is 56.2 Å². The maximum absolute atomic E-state index is 6.22. The number of nitrogens with zero attached hydrogens (tertiary/aromatic N) is 1. The second-order valence-electron chi connectivity index (χ2n) is 7.18. The number of hydrogen-bond acceptors (Lipinski definition) is 3.